The molecular formula is C20H41N9O5. The van der Waals surface area contributed by atoms with Crippen molar-refractivity contribution >= 4 is 29.7 Å². The first-order valence-corrected chi connectivity index (χ1v) is 11.4. The molecule has 0 spiro atoms. The van der Waals surface area contributed by atoms with Crippen LogP contribution in [0.1, 0.15) is 51.4 Å². The molecule has 3 amide bonds. The lowest BCUT2D eigenvalue weighted by molar-refractivity contribution is -0.142. The van der Waals surface area contributed by atoms with E-state index in [9.17, 15) is 24.3 Å². The van der Waals surface area contributed by atoms with Gasteiger partial charge in [0.1, 0.15) is 12.1 Å². The quantitative estimate of drug-likeness (QED) is 0.0500. The van der Waals surface area contributed by atoms with Crippen molar-refractivity contribution in [3.05, 3.63) is 0 Å². The average molecular weight is 488 g/mol. The Morgan fingerprint density at radius 1 is 0.794 bits per heavy atom. The second-order valence-corrected chi connectivity index (χ2v) is 7.86. The second-order valence-electron chi connectivity index (χ2n) is 7.86. The Bertz CT molecular complexity index is 671. The lowest BCUT2D eigenvalue weighted by Crippen LogP contribution is -2.53. The normalized spacial score (nSPS) is 13.3. The van der Waals surface area contributed by atoms with E-state index < -0.39 is 48.4 Å². The standard InChI is InChI=1S/C20H41N9O5/c21-9-3-1-6-13(23)17(31)29-14(8-5-11-26-20(24)25)18(32)27-12-16(30)28-15(19(33)34)7-2-4-10-22/h13-15H,1-12,21-23H2,(H,27,32)(H,28,30)(H,29,31)(H,33,34)(H4,24,25,26). The molecule has 14 heteroatoms. The number of hydrogen-bond acceptors (Lipinski definition) is 8. The molecule has 14 N–H and O–H groups in total. The number of aliphatic imine (C=N–C) groups is 1. The summed E-state index contributed by atoms with van der Waals surface area (Å²) in [4.78, 5) is 52.4. The maximum atomic E-state index is 12.6. The molecule has 0 aromatic heterocycles. The molecule has 0 saturated carbocycles. The van der Waals surface area contributed by atoms with Crippen LogP contribution in [0.15, 0.2) is 4.99 Å². The van der Waals surface area contributed by atoms with E-state index in [2.05, 4.69) is 20.9 Å². The van der Waals surface area contributed by atoms with E-state index in [0.29, 0.717) is 45.2 Å². The van der Waals surface area contributed by atoms with Crippen LogP contribution in [0.3, 0.4) is 0 Å². The van der Waals surface area contributed by atoms with Crippen molar-refractivity contribution in [2.24, 2.45) is 33.7 Å². The third-order valence-electron chi connectivity index (χ3n) is 4.89. The molecule has 3 unspecified atom stereocenters. The Labute approximate surface area is 199 Å². The Morgan fingerprint density at radius 3 is 1.94 bits per heavy atom. The third kappa shape index (κ3) is 15.0. The number of unbranched alkanes of at least 4 members (excludes halogenated alkanes) is 2. The average Bonchev–Trinajstić information content (AvgIpc) is 2.78. The third-order valence-corrected chi connectivity index (χ3v) is 4.89. The highest BCUT2D eigenvalue weighted by molar-refractivity contribution is 5.92. The van der Waals surface area contributed by atoms with Gasteiger partial charge in [-0.15, -0.1) is 0 Å². The zero-order valence-electron chi connectivity index (χ0n) is 19.6. The summed E-state index contributed by atoms with van der Waals surface area (Å²) in [7, 11) is 0. The van der Waals surface area contributed by atoms with E-state index >= 15 is 0 Å². The minimum absolute atomic E-state index is 0.0944. The number of aliphatic carboxylic acids is 1. The van der Waals surface area contributed by atoms with Gasteiger partial charge in [-0.05, 0) is 58.0 Å². The summed E-state index contributed by atoms with van der Waals surface area (Å²) in [5.41, 5.74) is 27.3. The van der Waals surface area contributed by atoms with Crippen molar-refractivity contribution in [2.75, 3.05) is 26.2 Å². The first kappa shape index (κ1) is 31.0. The first-order chi connectivity index (χ1) is 16.1. The Kier molecular flexibility index (Phi) is 16.8. The predicted molar refractivity (Wildman–Crippen MR) is 128 cm³/mol. The maximum absolute atomic E-state index is 12.6. The molecule has 0 aromatic carbocycles. The highest BCUT2D eigenvalue weighted by atomic mass is 16.4. The summed E-state index contributed by atoms with van der Waals surface area (Å²) in [6.45, 7) is 0.696. The number of guanidine groups is 1. The lowest BCUT2D eigenvalue weighted by Gasteiger charge is -2.21. The van der Waals surface area contributed by atoms with Gasteiger partial charge in [-0.3, -0.25) is 19.4 Å². The first-order valence-electron chi connectivity index (χ1n) is 11.4. The summed E-state index contributed by atoms with van der Waals surface area (Å²) in [5.74, 6) is -3.06. The molecule has 14 nitrogen and oxygen atoms in total. The van der Waals surface area contributed by atoms with Crippen LogP contribution >= 0.6 is 0 Å². The van der Waals surface area contributed by atoms with Gasteiger partial charge in [-0.25, -0.2) is 4.79 Å². The maximum Gasteiger partial charge on any atom is 0.326 e. The molecule has 0 aliphatic heterocycles. The van der Waals surface area contributed by atoms with Gasteiger partial charge in [-0.1, -0.05) is 6.42 Å². The van der Waals surface area contributed by atoms with E-state index in [4.69, 9.17) is 28.7 Å². The van der Waals surface area contributed by atoms with Crippen molar-refractivity contribution in [2.45, 2.75) is 69.5 Å². The summed E-state index contributed by atoms with van der Waals surface area (Å²) in [6.07, 6.45) is 3.77. The van der Waals surface area contributed by atoms with Gasteiger partial charge in [0.05, 0.1) is 12.6 Å². The van der Waals surface area contributed by atoms with Gasteiger partial charge in [-0.2, -0.15) is 0 Å². The van der Waals surface area contributed by atoms with E-state index in [1.807, 2.05) is 0 Å². The number of hydrogen-bond donors (Lipinski definition) is 9. The molecule has 0 radical (unpaired) electrons. The Balaban J connectivity index is 4.91. The van der Waals surface area contributed by atoms with E-state index in [0.717, 1.165) is 6.42 Å². The van der Waals surface area contributed by atoms with Crippen LogP contribution in [0.5, 0.6) is 0 Å². The van der Waals surface area contributed by atoms with Crippen LogP contribution < -0.4 is 44.6 Å². The van der Waals surface area contributed by atoms with Gasteiger partial charge in [0.2, 0.25) is 17.7 Å². The highest BCUT2D eigenvalue weighted by Gasteiger charge is 2.25. The van der Waals surface area contributed by atoms with Gasteiger partial charge in [0, 0.05) is 6.54 Å². The minimum Gasteiger partial charge on any atom is -0.480 e. The largest absolute Gasteiger partial charge is 0.480 e. The van der Waals surface area contributed by atoms with E-state index in [-0.39, 0.29) is 25.3 Å². The number of amides is 3. The molecule has 34 heavy (non-hydrogen) atoms. The Hall–Kier alpha value is -2.97. The summed E-state index contributed by atoms with van der Waals surface area (Å²) in [5, 5.41) is 16.6. The van der Waals surface area contributed by atoms with Gasteiger partial charge in [0.25, 0.3) is 0 Å². The minimum atomic E-state index is -1.18. The number of rotatable bonds is 19. The van der Waals surface area contributed by atoms with Crippen molar-refractivity contribution < 1.29 is 24.3 Å². The number of nitrogens with zero attached hydrogens (tertiary/aromatic N) is 1. The number of carboxylic acid groups (broad SMARTS) is 1. The van der Waals surface area contributed by atoms with Crippen molar-refractivity contribution in [1.82, 2.24) is 16.0 Å². The van der Waals surface area contributed by atoms with Gasteiger partial charge in [0.15, 0.2) is 5.96 Å². The van der Waals surface area contributed by atoms with Crippen LogP contribution in [0.4, 0.5) is 0 Å². The van der Waals surface area contributed by atoms with E-state index in [1.165, 1.54) is 0 Å². The molecule has 196 valence electrons. The van der Waals surface area contributed by atoms with E-state index in [1.54, 1.807) is 0 Å². The number of nitrogens with one attached hydrogen (secondary N) is 3. The topological polar surface area (TPSA) is 267 Å². The van der Waals surface area contributed by atoms with Crippen molar-refractivity contribution in [1.29, 1.82) is 0 Å². The van der Waals surface area contributed by atoms with Crippen molar-refractivity contribution in [3.63, 3.8) is 0 Å². The van der Waals surface area contributed by atoms with Gasteiger partial charge < -0.3 is 49.7 Å². The lowest BCUT2D eigenvalue weighted by atomic mass is 10.1. The fourth-order valence-corrected chi connectivity index (χ4v) is 2.98. The molecule has 0 aromatic rings. The molecule has 0 rings (SSSR count). The summed E-state index contributed by atoms with van der Waals surface area (Å²) in [6, 6.07) is -2.87. The number of nitrogens with two attached hydrogens (primary N) is 5. The summed E-state index contributed by atoms with van der Waals surface area (Å²) < 4.78 is 0. The fraction of sp³-hybridized carbons (Fsp3) is 0.750. The molecule has 0 aliphatic rings. The van der Waals surface area contributed by atoms with Crippen LogP contribution in [-0.2, 0) is 19.2 Å². The van der Waals surface area contributed by atoms with Crippen molar-refractivity contribution in [3.8, 4) is 0 Å². The van der Waals surface area contributed by atoms with Gasteiger partial charge >= 0.3 is 5.97 Å². The number of carboxylic acids is 1. The van der Waals surface area contributed by atoms with Crippen LogP contribution in [0.2, 0.25) is 0 Å². The molecule has 0 bridgehead atoms. The molecule has 0 saturated heterocycles. The van der Waals surface area contributed by atoms with Crippen LogP contribution in [0.25, 0.3) is 0 Å². The molecule has 0 heterocycles. The van der Waals surface area contributed by atoms with Crippen LogP contribution in [-0.4, -0.2) is 79.1 Å². The van der Waals surface area contributed by atoms with Crippen LogP contribution in [0, 0.1) is 0 Å². The SMILES string of the molecule is NCCCCC(N)C(=O)NC(CCCN=C(N)N)C(=O)NCC(=O)NC(CCCCN)C(=O)O. The zero-order chi connectivity index (χ0) is 25.9. The summed E-state index contributed by atoms with van der Waals surface area (Å²) >= 11 is 0. The monoisotopic (exact) mass is 487 g/mol. The molecule has 0 fully saturated rings. The number of carbonyl (C=O) groups is 4. The fourth-order valence-electron chi connectivity index (χ4n) is 2.98. The smallest absolute Gasteiger partial charge is 0.326 e. The Morgan fingerprint density at radius 2 is 1.38 bits per heavy atom. The number of carbonyl (C=O) groups excluding carboxylic acids is 3. The molecule has 3 atom stereocenters. The second kappa shape index (κ2) is 18.5. The predicted octanol–water partition coefficient (Wildman–Crippen LogP) is -3.20. The highest BCUT2D eigenvalue weighted by Crippen LogP contribution is 2.03. The molecular weight excluding hydrogens is 446 g/mol. The zero-order valence-corrected chi connectivity index (χ0v) is 19.6. The molecule has 0 aliphatic carbocycles.